The van der Waals surface area contributed by atoms with Gasteiger partial charge in [0.1, 0.15) is 17.2 Å². The minimum Gasteiger partial charge on any atom is -0.483 e. The van der Waals surface area contributed by atoms with Crippen molar-refractivity contribution in [3.63, 3.8) is 0 Å². The van der Waals surface area contributed by atoms with Crippen LogP contribution >= 0.6 is 0 Å². The lowest BCUT2D eigenvalue weighted by Crippen LogP contribution is -2.29. The van der Waals surface area contributed by atoms with Gasteiger partial charge in [-0.25, -0.2) is 8.60 Å². The molecule has 1 unspecified atom stereocenters. The van der Waals surface area contributed by atoms with Crippen LogP contribution in [0.1, 0.15) is 25.0 Å². The molecule has 2 aromatic carbocycles. The van der Waals surface area contributed by atoms with Crippen LogP contribution in [0.5, 0.6) is 5.75 Å². The lowest BCUT2D eigenvalue weighted by molar-refractivity contribution is 0.158. The molecular weight excluding hydrogens is 317 g/mol. The van der Waals surface area contributed by atoms with Gasteiger partial charge in [-0.2, -0.15) is 0 Å². The summed E-state index contributed by atoms with van der Waals surface area (Å²) in [6, 6.07) is 11.5. The number of nitrogens with one attached hydrogen (secondary N) is 1. The molecule has 6 heteroatoms. The maximum absolute atomic E-state index is 13.2. The summed E-state index contributed by atoms with van der Waals surface area (Å²) in [5, 5.41) is 0. The normalized spacial score (nSPS) is 16.8. The average molecular weight is 333 g/mol. The number of fused-ring (bicyclic) bond motifs is 1. The number of ether oxygens (including phenoxy) is 1. The van der Waals surface area contributed by atoms with Gasteiger partial charge in [0.2, 0.25) is 0 Å². The second-order valence-corrected chi connectivity index (χ2v) is 6.54. The van der Waals surface area contributed by atoms with Crippen LogP contribution < -0.4 is 9.46 Å². The Bertz CT molecular complexity index is 800. The van der Waals surface area contributed by atoms with Crippen LogP contribution in [0.3, 0.4) is 0 Å². The van der Waals surface area contributed by atoms with Crippen molar-refractivity contribution in [3.8, 4) is 5.75 Å². The topological polar surface area (TPSA) is 58.6 Å². The average Bonchev–Trinajstić information content (AvgIpc) is 2.45. The maximum Gasteiger partial charge on any atom is 0.259 e. The zero-order valence-corrected chi connectivity index (χ0v) is 13.5. The first-order valence-electron chi connectivity index (χ1n) is 7.04. The summed E-state index contributed by atoms with van der Waals surface area (Å²) in [5.74, 6) is 0.318. The highest BCUT2D eigenvalue weighted by atomic mass is 32.2. The van der Waals surface area contributed by atoms with E-state index in [0.717, 1.165) is 16.7 Å². The van der Waals surface area contributed by atoms with Gasteiger partial charge in [-0.05, 0) is 55.3 Å². The highest BCUT2D eigenvalue weighted by molar-refractivity contribution is 7.80. The molecule has 2 aromatic rings. The van der Waals surface area contributed by atoms with Crippen molar-refractivity contribution >= 4 is 22.5 Å². The van der Waals surface area contributed by atoms with Gasteiger partial charge in [0.25, 0.3) is 11.3 Å². The van der Waals surface area contributed by atoms with E-state index in [0.29, 0.717) is 11.4 Å². The molecule has 0 saturated carbocycles. The van der Waals surface area contributed by atoms with Crippen molar-refractivity contribution in [3.05, 3.63) is 65.5 Å². The first-order valence-corrected chi connectivity index (χ1v) is 8.14. The predicted molar refractivity (Wildman–Crippen MR) is 89.0 cm³/mol. The fraction of sp³-hybridized carbons (Fsp3) is 0.176. The minimum absolute atomic E-state index is 0.286. The standard InChI is InChI=1S/C17H16FNO3S/c1-17(2)10-15(11-3-5-12(18)6-4-11)14-8-7-13(19-23(20)21)9-16(14)22-17/h3-10,19H,1-2H3,(H,20,21). The number of anilines is 1. The van der Waals surface area contributed by atoms with Crippen LogP contribution in [0, 0.1) is 5.82 Å². The Morgan fingerprint density at radius 2 is 1.87 bits per heavy atom. The molecule has 2 N–H and O–H groups in total. The molecule has 4 nitrogen and oxygen atoms in total. The molecular formula is C17H16FNO3S. The molecule has 23 heavy (non-hydrogen) atoms. The van der Waals surface area contributed by atoms with Crippen LogP contribution in [0.15, 0.2) is 48.5 Å². The van der Waals surface area contributed by atoms with Crippen molar-refractivity contribution in [2.24, 2.45) is 0 Å². The lowest BCUT2D eigenvalue weighted by Gasteiger charge is -2.31. The summed E-state index contributed by atoms with van der Waals surface area (Å²) in [4.78, 5) is 0. The smallest absolute Gasteiger partial charge is 0.259 e. The Balaban J connectivity index is 2.09. The van der Waals surface area contributed by atoms with Crippen LogP contribution in [-0.2, 0) is 11.3 Å². The number of hydrogen-bond acceptors (Lipinski definition) is 2. The van der Waals surface area contributed by atoms with E-state index in [9.17, 15) is 8.60 Å². The molecule has 0 saturated heterocycles. The third-order valence-corrected chi connectivity index (χ3v) is 3.91. The fourth-order valence-corrected chi connectivity index (χ4v) is 2.93. The van der Waals surface area contributed by atoms with E-state index in [1.54, 1.807) is 24.3 Å². The van der Waals surface area contributed by atoms with Crippen molar-refractivity contribution < 1.29 is 17.9 Å². The zero-order chi connectivity index (χ0) is 16.6. The highest BCUT2D eigenvalue weighted by Gasteiger charge is 2.27. The molecule has 1 atom stereocenters. The summed E-state index contributed by atoms with van der Waals surface area (Å²) in [6.07, 6.45) is 1.99. The van der Waals surface area contributed by atoms with Crippen LogP contribution in [0.4, 0.5) is 10.1 Å². The Kier molecular flexibility index (Phi) is 3.95. The summed E-state index contributed by atoms with van der Waals surface area (Å²) in [7, 11) is 0. The summed E-state index contributed by atoms with van der Waals surface area (Å²) < 4.78 is 41.4. The molecule has 0 amide bonds. The highest BCUT2D eigenvalue weighted by Crippen LogP contribution is 2.40. The van der Waals surface area contributed by atoms with E-state index in [1.165, 1.54) is 12.1 Å². The second kappa shape index (κ2) is 5.79. The van der Waals surface area contributed by atoms with Gasteiger partial charge in [-0.1, -0.05) is 12.1 Å². The molecule has 0 fully saturated rings. The monoisotopic (exact) mass is 333 g/mol. The minimum atomic E-state index is -2.15. The van der Waals surface area contributed by atoms with Gasteiger partial charge in [-0.15, -0.1) is 0 Å². The molecule has 1 heterocycles. The molecule has 0 radical (unpaired) electrons. The van der Waals surface area contributed by atoms with Gasteiger partial charge >= 0.3 is 0 Å². The quantitative estimate of drug-likeness (QED) is 0.836. The maximum atomic E-state index is 13.2. The molecule has 1 aliphatic heterocycles. The number of rotatable bonds is 3. The van der Waals surface area contributed by atoms with Crippen molar-refractivity contribution in [2.75, 3.05) is 4.72 Å². The van der Waals surface area contributed by atoms with E-state index >= 15 is 0 Å². The van der Waals surface area contributed by atoms with Crippen molar-refractivity contribution in [1.82, 2.24) is 0 Å². The number of halogens is 1. The van der Waals surface area contributed by atoms with Gasteiger partial charge in [0.05, 0.1) is 5.69 Å². The third-order valence-electron chi connectivity index (χ3n) is 3.50. The first-order chi connectivity index (χ1) is 10.8. The number of benzene rings is 2. The van der Waals surface area contributed by atoms with Crippen molar-refractivity contribution in [1.29, 1.82) is 0 Å². The van der Waals surface area contributed by atoms with Crippen molar-refractivity contribution in [2.45, 2.75) is 19.4 Å². The van der Waals surface area contributed by atoms with E-state index < -0.39 is 16.9 Å². The molecule has 0 bridgehead atoms. The molecule has 3 rings (SSSR count). The Labute approximate surface area is 136 Å². The van der Waals surface area contributed by atoms with Crippen LogP contribution in [-0.4, -0.2) is 14.4 Å². The summed E-state index contributed by atoms with van der Waals surface area (Å²) >= 11 is -2.15. The molecule has 120 valence electrons. The van der Waals surface area contributed by atoms with E-state index in [4.69, 9.17) is 9.29 Å². The van der Waals surface area contributed by atoms with Gasteiger partial charge in [0.15, 0.2) is 0 Å². The third kappa shape index (κ3) is 3.43. The van der Waals surface area contributed by atoms with Gasteiger partial charge < -0.3 is 4.74 Å². The van der Waals surface area contributed by atoms with Crippen LogP contribution in [0.2, 0.25) is 0 Å². The summed E-state index contributed by atoms with van der Waals surface area (Å²) in [6.45, 7) is 3.84. The van der Waals surface area contributed by atoms with Crippen LogP contribution in [0.25, 0.3) is 5.57 Å². The predicted octanol–water partition coefficient (Wildman–Crippen LogP) is 3.98. The van der Waals surface area contributed by atoms with Gasteiger partial charge in [-0.3, -0.25) is 9.27 Å². The molecule has 0 spiro atoms. The van der Waals surface area contributed by atoms with E-state index in [1.807, 2.05) is 26.0 Å². The first kappa shape index (κ1) is 15.7. The Morgan fingerprint density at radius 3 is 2.52 bits per heavy atom. The molecule has 0 aromatic heterocycles. The van der Waals surface area contributed by atoms with E-state index in [-0.39, 0.29) is 5.82 Å². The SMILES string of the molecule is CC1(C)C=C(c2ccc(F)cc2)c2ccc(NS(=O)O)cc2O1. The second-order valence-electron chi connectivity index (χ2n) is 5.83. The fourth-order valence-electron chi connectivity index (χ4n) is 2.60. The van der Waals surface area contributed by atoms with E-state index in [2.05, 4.69) is 4.72 Å². The molecule has 1 aliphatic rings. The largest absolute Gasteiger partial charge is 0.483 e. The molecule has 0 aliphatic carbocycles. The van der Waals surface area contributed by atoms with Gasteiger partial charge in [0, 0.05) is 11.6 Å². The Morgan fingerprint density at radius 1 is 1.17 bits per heavy atom. The number of hydrogen-bond donors (Lipinski definition) is 2. The lowest BCUT2D eigenvalue weighted by atomic mass is 9.90. The zero-order valence-electron chi connectivity index (χ0n) is 12.7. The Hall–Kier alpha value is -2.18. The summed E-state index contributed by atoms with van der Waals surface area (Å²) in [5.41, 5.74) is 2.61.